The maximum Gasteiger partial charge on any atom is 0.137 e. The van der Waals surface area contributed by atoms with Gasteiger partial charge in [-0.05, 0) is 37.0 Å². The van der Waals surface area contributed by atoms with Crippen LogP contribution >= 0.6 is 11.6 Å². The first kappa shape index (κ1) is 12.3. The number of halogens is 1. The average molecular weight is 267 g/mol. The van der Waals surface area contributed by atoms with Gasteiger partial charge in [0.05, 0.1) is 18.2 Å². The van der Waals surface area contributed by atoms with E-state index >= 15 is 0 Å². The zero-order valence-electron chi connectivity index (χ0n) is 10.6. The average Bonchev–Trinajstić information content (AvgIpc) is 3.13. The molecule has 1 saturated carbocycles. The van der Waals surface area contributed by atoms with E-state index in [0.717, 1.165) is 24.8 Å². The van der Waals surface area contributed by atoms with Crippen molar-refractivity contribution in [1.29, 1.82) is 0 Å². The molecule has 1 aromatic rings. The summed E-state index contributed by atoms with van der Waals surface area (Å²) in [6.45, 7) is 1.11. The van der Waals surface area contributed by atoms with Crippen molar-refractivity contribution in [2.75, 3.05) is 13.7 Å². The lowest BCUT2D eigenvalue weighted by Crippen LogP contribution is -2.33. The van der Waals surface area contributed by atoms with E-state index in [9.17, 15) is 0 Å². The molecule has 3 nitrogen and oxygen atoms in total. The first-order valence-corrected chi connectivity index (χ1v) is 6.93. The lowest BCUT2D eigenvalue weighted by molar-refractivity contribution is 0.237. The third-order valence-corrected chi connectivity index (χ3v) is 4.31. The lowest BCUT2D eigenvalue weighted by Gasteiger charge is -2.27. The summed E-state index contributed by atoms with van der Waals surface area (Å²) in [6, 6.07) is 7.32. The fraction of sp³-hybridized carbons (Fsp3) is 0.571. The largest absolute Gasteiger partial charge is 0.495 e. The third-order valence-electron chi connectivity index (χ3n) is 4.02. The molecule has 1 aliphatic carbocycles. The van der Waals surface area contributed by atoms with Crippen LogP contribution in [-0.4, -0.2) is 30.6 Å². The van der Waals surface area contributed by atoms with Gasteiger partial charge in [-0.1, -0.05) is 17.7 Å². The highest BCUT2D eigenvalue weighted by molar-refractivity contribution is 6.32. The number of nitrogens with zero attached hydrogens (tertiary/aromatic N) is 1. The fourth-order valence-electron chi connectivity index (χ4n) is 2.96. The van der Waals surface area contributed by atoms with Gasteiger partial charge in [0.25, 0.3) is 0 Å². The zero-order chi connectivity index (χ0) is 12.7. The summed E-state index contributed by atoms with van der Waals surface area (Å²) in [5, 5.41) is 0.671. The summed E-state index contributed by atoms with van der Waals surface area (Å²) in [5.41, 5.74) is 7.49. The van der Waals surface area contributed by atoms with E-state index in [1.807, 2.05) is 12.1 Å². The van der Waals surface area contributed by atoms with Gasteiger partial charge < -0.3 is 10.5 Å². The summed E-state index contributed by atoms with van der Waals surface area (Å²) >= 11 is 6.21. The zero-order valence-corrected chi connectivity index (χ0v) is 11.4. The van der Waals surface area contributed by atoms with Crippen LogP contribution in [0.3, 0.4) is 0 Å². The second-order valence-electron chi connectivity index (χ2n) is 5.26. The van der Waals surface area contributed by atoms with Gasteiger partial charge in [0.15, 0.2) is 0 Å². The Kier molecular flexibility index (Phi) is 3.22. The quantitative estimate of drug-likeness (QED) is 0.914. The fourth-order valence-corrected chi connectivity index (χ4v) is 3.23. The normalized spacial score (nSPS) is 28.6. The van der Waals surface area contributed by atoms with Gasteiger partial charge in [-0.25, -0.2) is 0 Å². The van der Waals surface area contributed by atoms with Crippen molar-refractivity contribution < 1.29 is 4.74 Å². The van der Waals surface area contributed by atoms with Crippen LogP contribution in [0.1, 0.15) is 30.9 Å². The number of benzene rings is 1. The van der Waals surface area contributed by atoms with Crippen molar-refractivity contribution in [1.82, 2.24) is 4.90 Å². The van der Waals surface area contributed by atoms with E-state index in [4.69, 9.17) is 22.1 Å². The van der Waals surface area contributed by atoms with Crippen molar-refractivity contribution in [3.63, 3.8) is 0 Å². The lowest BCUT2D eigenvalue weighted by atomic mass is 10.0. The maximum atomic E-state index is 6.27. The smallest absolute Gasteiger partial charge is 0.137 e. The molecule has 0 bridgehead atoms. The molecule has 1 aromatic carbocycles. The minimum atomic E-state index is 0.218. The number of hydrogen-bond acceptors (Lipinski definition) is 3. The molecule has 2 aliphatic rings. The highest BCUT2D eigenvalue weighted by Crippen LogP contribution is 2.41. The number of rotatable bonds is 3. The molecule has 2 atom stereocenters. The molecular weight excluding hydrogens is 248 g/mol. The number of likely N-dealkylation sites (tertiary alicyclic amines) is 1. The summed E-state index contributed by atoms with van der Waals surface area (Å²) in [5.74, 6) is 0.727. The van der Waals surface area contributed by atoms with Crippen LogP contribution in [-0.2, 0) is 0 Å². The van der Waals surface area contributed by atoms with E-state index in [1.165, 1.54) is 18.4 Å². The molecule has 18 heavy (non-hydrogen) atoms. The van der Waals surface area contributed by atoms with Crippen LogP contribution in [0.2, 0.25) is 5.02 Å². The van der Waals surface area contributed by atoms with Crippen molar-refractivity contribution in [3.8, 4) is 5.75 Å². The highest BCUT2D eigenvalue weighted by atomic mass is 35.5. The molecule has 1 saturated heterocycles. The first-order valence-electron chi connectivity index (χ1n) is 6.55. The van der Waals surface area contributed by atoms with Gasteiger partial charge in [-0.2, -0.15) is 0 Å². The molecule has 0 radical (unpaired) electrons. The summed E-state index contributed by atoms with van der Waals surface area (Å²) in [6.07, 6.45) is 3.70. The predicted molar refractivity (Wildman–Crippen MR) is 73.1 cm³/mol. The Labute approximate surface area is 113 Å². The molecule has 2 N–H and O–H groups in total. The van der Waals surface area contributed by atoms with Gasteiger partial charge in [-0.15, -0.1) is 0 Å². The molecular formula is C14H19ClN2O. The van der Waals surface area contributed by atoms with Crippen LogP contribution in [0.4, 0.5) is 0 Å². The SMILES string of the molecule is COc1ccc(C2C(N)CCN2C2CC2)cc1Cl. The second kappa shape index (κ2) is 4.72. The Morgan fingerprint density at radius 2 is 2.11 bits per heavy atom. The van der Waals surface area contributed by atoms with Gasteiger partial charge in [0.1, 0.15) is 5.75 Å². The molecule has 1 heterocycles. The van der Waals surface area contributed by atoms with Crippen LogP contribution in [0.5, 0.6) is 5.75 Å². The summed E-state index contributed by atoms with van der Waals surface area (Å²) in [7, 11) is 1.64. The van der Waals surface area contributed by atoms with E-state index in [-0.39, 0.29) is 6.04 Å². The number of hydrogen-bond donors (Lipinski definition) is 1. The molecule has 2 fully saturated rings. The van der Waals surface area contributed by atoms with E-state index < -0.39 is 0 Å². The van der Waals surface area contributed by atoms with Crippen LogP contribution < -0.4 is 10.5 Å². The topological polar surface area (TPSA) is 38.5 Å². The Morgan fingerprint density at radius 1 is 1.33 bits per heavy atom. The minimum absolute atomic E-state index is 0.218. The van der Waals surface area contributed by atoms with Gasteiger partial charge >= 0.3 is 0 Å². The van der Waals surface area contributed by atoms with E-state index in [2.05, 4.69) is 11.0 Å². The molecule has 2 unspecified atom stereocenters. The number of nitrogens with two attached hydrogens (primary N) is 1. The second-order valence-corrected chi connectivity index (χ2v) is 5.67. The number of ether oxygens (including phenoxy) is 1. The monoisotopic (exact) mass is 266 g/mol. The molecule has 98 valence electrons. The minimum Gasteiger partial charge on any atom is -0.495 e. The van der Waals surface area contributed by atoms with Crippen molar-refractivity contribution in [2.24, 2.45) is 5.73 Å². The molecule has 0 spiro atoms. The first-order chi connectivity index (χ1) is 8.70. The molecule has 0 amide bonds. The van der Waals surface area contributed by atoms with Crippen LogP contribution in [0.15, 0.2) is 18.2 Å². The Bertz CT molecular complexity index is 447. The summed E-state index contributed by atoms with van der Waals surface area (Å²) < 4.78 is 5.20. The Morgan fingerprint density at radius 3 is 2.72 bits per heavy atom. The van der Waals surface area contributed by atoms with Crippen molar-refractivity contribution in [2.45, 2.75) is 37.4 Å². The number of methoxy groups -OCH3 is 1. The summed E-state index contributed by atoms with van der Waals surface area (Å²) in [4.78, 5) is 2.54. The predicted octanol–water partition coefficient (Wildman–Crippen LogP) is 2.59. The van der Waals surface area contributed by atoms with Gasteiger partial charge in [0.2, 0.25) is 0 Å². The van der Waals surface area contributed by atoms with Crippen LogP contribution in [0, 0.1) is 0 Å². The van der Waals surface area contributed by atoms with Gasteiger partial charge in [-0.3, -0.25) is 4.90 Å². The highest BCUT2D eigenvalue weighted by Gasteiger charge is 2.41. The maximum absolute atomic E-state index is 6.27. The van der Waals surface area contributed by atoms with Crippen LogP contribution in [0.25, 0.3) is 0 Å². The molecule has 4 heteroatoms. The standard InChI is InChI=1S/C14H19ClN2O/c1-18-13-5-2-9(8-11(13)15)14-12(16)6-7-17(14)10-3-4-10/h2,5,8,10,12,14H,3-4,6-7,16H2,1H3. The molecule has 3 rings (SSSR count). The third kappa shape index (κ3) is 2.11. The van der Waals surface area contributed by atoms with Crippen molar-refractivity contribution >= 4 is 11.6 Å². The van der Waals surface area contributed by atoms with E-state index in [1.54, 1.807) is 7.11 Å². The molecule has 0 aromatic heterocycles. The van der Waals surface area contributed by atoms with Gasteiger partial charge in [0, 0.05) is 18.6 Å². The van der Waals surface area contributed by atoms with Crippen molar-refractivity contribution in [3.05, 3.63) is 28.8 Å². The Hall–Kier alpha value is -0.770. The van der Waals surface area contributed by atoms with E-state index in [0.29, 0.717) is 11.1 Å². The Balaban J connectivity index is 1.89. The molecule has 1 aliphatic heterocycles.